The Hall–Kier alpha value is -1.51. The van der Waals surface area contributed by atoms with Gasteiger partial charge in [-0.25, -0.2) is 0 Å². The van der Waals surface area contributed by atoms with E-state index in [0.29, 0.717) is 25.2 Å². The lowest BCUT2D eigenvalue weighted by Crippen LogP contribution is -2.34. The monoisotopic (exact) mass is 284 g/mol. The highest BCUT2D eigenvalue weighted by Gasteiger charge is 2.25. The second-order valence-electron chi connectivity index (χ2n) is 4.80. The summed E-state index contributed by atoms with van der Waals surface area (Å²) in [7, 11) is 0. The van der Waals surface area contributed by atoms with Gasteiger partial charge in [0.2, 0.25) is 0 Å². The van der Waals surface area contributed by atoms with E-state index in [2.05, 4.69) is 15.6 Å². The first kappa shape index (κ1) is 14.9. The van der Waals surface area contributed by atoms with Crippen molar-refractivity contribution >= 4 is 5.97 Å². The molecule has 1 aliphatic rings. The van der Waals surface area contributed by atoms with Crippen LogP contribution in [0.1, 0.15) is 31.0 Å². The molecule has 1 aliphatic heterocycles. The van der Waals surface area contributed by atoms with Crippen LogP contribution >= 0.6 is 0 Å². The molecule has 1 aromatic heterocycles. The largest absolute Gasteiger partial charge is 0.480 e. The van der Waals surface area contributed by atoms with Crippen LogP contribution in [-0.4, -0.2) is 57.0 Å². The molecule has 1 aromatic rings. The molecule has 3 N–H and O–H groups in total. The van der Waals surface area contributed by atoms with Crippen LogP contribution in [0.25, 0.3) is 0 Å². The summed E-state index contributed by atoms with van der Waals surface area (Å²) in [5.41, 5.74) is 0.369. The Morgan fingerprint density at radius 3 is 3.15 bits per heavy atom. The molecule has 2 unspecified atom stereocenters. The van der Waals surface area contributed by atoms with Crippen molar-refractivity contribution in [1.29, 1.82) is 0 Å². The quantitative estimate of drug-likeness (QED) is 0.593. The fourth-order valence-electron chi connectivity index (χ4n) is 2.16. The molecule has 20 heavy (non-hydrogen) atoms. The van der Waals surface area contributed by atoms with Gasteiger partial charge in [-0.2, -0.15) is 0 Å². The Morgan fingerprint density at radius 2 is 2.50 bits per heavy atom. The van der Waals surface area contributed by atoms with Gasteiger partial charge >= 0.3 is 5.97 Å². The molecular formula is C12H20N4O4. The van der Waals surface area contributed by atoms with Crippen molar-refractivity contribution in [3.8, 4) is 0 Å². The van der Waals surface area contributed by atoms with Crippen LogP contribution in [0.5, 0.6) is 0 Å². The van der Waals surface area contributed by atoms with E-state index in [1.807, 2.05) is 0 Å². The van der Waals surface area contributed by atoms with Crippen molar-refractivity contribution in [2.75, 3.05) is 19.8 Å². The Kier molecular flexibility index (Phi) is 5.45. The Balaban J connectivity index is 1.92. The number of aromatic nitrogens is 3. The molecule has 0 aliphatic carbocycles. The number of aliphatic hydroxyl groups is 1. The Bertz CT molecular complexity index is 431. The first-order chi connectivity index (χ1) is 9.70. The van der Waals surface area contributed by atoms with Crippen molar-refractivity contribution in [2.45, 2.75) is 38.0 Å². The second kappa shape index (κ2) is 7.32. The summed E-state index contributed by atoms with van der Waals surface area (Å²) in [5, 5.41) is 28.7. The standard InChI is InChI=1S/C12H20N4O4/c17-5-2-4-16-8-10(14-15-16)11(12(18)19)13-7-9-3-1-6-20-9/h8-9,11,13,17H,1-7H2,(H,18,19). The van der Waals surface area contributed by atoms with Gasteiger partial charge in [0.25, 0.3) is 0 Å². The van der Waals surface area contributed by atoms with E-state index >= 15 is 0 Å². The van der Waals surface area contributed by atoms with Crippen LogP contribution < -0.4 is 5.32 Å². The predicted molar refractivity (Wildman–Crippen MR) is 69.1 cm³/mol. The third-order valence-electron chi connectivity index (χ3n) is 3.22. The van der Waals surface area contributed by atoms with Gasteiger partial charge in [0.05, 0.1) is 12.3 Å². The van der Waals surface area contributed by atoms with Crippen LogP contribution in [0.3, 0.4) is 0 Å². The van der Waals surface area contributed by atoms with Crippen LogP contribution in [0.4, 0.5) is 0 Å². The molecule has 0 aromatic carbocycles. The molecule has 2 heterocycles. The first-order valence-corrected chi connectivity index (χ1v) is 6.79. The number of carboxylic acid groups (broad SMARTS) is 1. The van der Waals surface area contributed by atoms with Crippen molar-refractivity contribution in [3.63, 3.8) is 0 Å². The van der Waals surface area contributed by atoms with Crippen LogP contribution in [0.15, 0.2) is 6.20 Å². The predicted octanol–water partition coefficient (Wildman–Crippen LogP) is -0.445. The average Bonchev–Trinajstić information content (AvgIpc) is 3.07. The van der Waals surface area contributed by atoms with Crippen LogP contribution in [0, 0.1) is 0 Å². The third-order valence-corrected chi connectivity index (χ3v) is 3.22. The lowest BCUT2D eigenvalue weighted by Gasteiger charge is -2.15. The SMILES string of the molecule is O=C(O)C(NCC1CCCO1)c1cn(CCCO)nn1. The molecule has 112 valence electrons. The summed E-state index contributed by atoms with van der Waals surface area (Å²) in [4.78, 5) is 11.3. The summed E-state index contributed by atoms with van der Waals surface area (Å²) < 4.78 is 6.99. The number of carboxylic acids is 1. The maximum Gasteiger partial charge on any atom is 0.327 e. The van der Waals surface area contributed by atoms with Gasteiger partial charge in [-0.3, -0.25) is 14.8 Å². The number of ether oxygens (including phenoxy) is 1. The molecule has 8 heteroatoms. The summed E-state index contributed by atoms with van der Waals surface area (Å²) in [6, 6.07) is -0.887. The zero-order valence-corrected chi connectivity index (χ0v) is 11.2. The molecule has 1 saturated heterocycles. The van der Waals surface area contributed by atoms with E-state index in [0.717, 1.165) is 19.4 Å². The van der Waals surface area contributed by atoms with E-state index in [1.54, 1.807) is 6.20 Å². The highest BCUT2D eigenvalue weighted by molar-refractivity contribution is 5.74. The summed E-state index contributed by atoms with van der Waals surface area (Å²) in [6.07, 6.45) is 4.19. The number of carbonyl (C=O) groups is 1. The fraction of sp³-hybridized carbons (Fsp3) is 0.750. The van der Waals surface area contributed by atoms with Gasteiger partial charge < -0.3 is 14.9 Å². The highest BCUT2D eigenvalue weighted by Crippen LogP contribution is 2.14. The lowest BCUT2D eigenvalue weighted by molar-refractivity contribution is -0.139. The van der Waals surface area contributed by atoms with E-state index in [9.17, 15) is 9.90 Å². The van der Waals surface area contributed by atoms with E-state index in [4.69, 9.17) is 9.84 Å². The number of nitrogens with zero attached hydrogens (tertiary/aromatic N) is 3. The molecule has 1 fully saturated rings. The van der Waals surface area contributed by atoms with Crippen molar-refractivity contribution < 1.29 is 19.7 Å². The lowest BCUT2D eigenvalue weighted by atomic mass is 10.2. The minimum absolute atomic E-state index is 0.0643. The third kappa shape index (κ3) is 3.99. The topological polar surface area (TPSA) is 110 Å². The Morgan fingerprint density at radius 1 is 1.65 bits per heavy atom. The molecule has 0 amide bonds. The maximum absolute atomic E-state index is 11.3. The molecular weight excluding hydrogens is 264 g/mol. The average molecular weight is 284 g/mol. The number of hydrogen-bond donors (Lipinski definition) is 3. The number of hydrogen-bond acceptors (Lipinski definition) is 6. The van der Waals surface area contributed by atoms with E-state index in [1.165, 1.54) is 4.68 Å². The van der Waals surface area contributed by atoms with E-state index < -0.39 is 12.0 Å². The molecule has 8 nitrogen and oxygen atoms in total. The van der Waals surface area contributed by atoms with Gasteiger partial charge in [0, 0.05) is 26.3 Å². The van der Waals surface area contributed by atoms with E-state index in [-0.39, 0.29) is 12.7 Å². The molecule has 0 saturated carbocycles. The normalized spacial score (nSPS) is 20.1. The Labute approximate surface area is 116 Å². The second-order valence-corrected chi connectivity index (χ2v) is 4.80. The van der Waals surface area contributed by atoms with Crippen molar-refractivity contribution in [3.05, 3.63) is 11.9 Å². The van der Waals surface area contributed by atoms with Gasteiger partial charge in [-0.05, 0) is 19.3 Å². The number of aliphatic carboxylic acids is 1. The summed E-state index contributed by atoms with van der Waals surface area (Å²) in [5.74, 6) is -0.989. The van der Waals surface area contributed by atoms with Crippen molar-refractivity contribution in [1.82, 2.24) is 20.3 Å². The van der Waals surface area contributed by atoms with Gasteiger partial charge in [-0.15, -0.1) is 5.10 Å². The first-order valence-electron chi connectivity index (χ1n) is 6.79. The molecule has 2 atom stereocenters. The molecule has 0 radical (unpaired) electrons. The minimum Gasteiger partial charge on any atom is -0.480 e. The zero-order chi connectivity index (χ0) is 14.4. The van der Waals surface area contributed by atoms with Gasteiger partial charge in [-0.1, -0.05) is 5.21 Å². The molecule has 0 bridgehead atoms. The smallest absolute Gasteiger partial charge is 0.327 e. The van der Waals surface area contributed by atoms with Crippen molar-refractivity contribution in [2.24, 2.45) is 0 Å². The summed E-state index contributed by atoms with van der Waals surface area (Å²) in [6.45, 7) is 1.80. The maximum atomic E-state index is 11.3. The fourth-order valence-corrected chi connectivity index (χ4v) is 2.16. The number of nitrogens with one attached hydrogen (secondary N) is 1. The molecule has 2 rings (SSSR count). The zero-order valence-electron chi connectivity index (χ0n) is 11.2. The van der Waals surface area contributed by atoms with Gasteiger partial charge in [0.1, 0.15) is 5.69 Å². The number of aliphatic hydroxyl groups excluding tert-OH is 1. The van der Waals surface area contributed by atoms with Crippen LogP contribution in [-0.2, 0) is 16.1 Å². The van der Waals surface area contributed by atoms with Crippen LogP contribution in [0.2, 0.25) is 0 Å². The number of aryl methyl sites for hydroxylation is 1. The van der Waals surface area contributed by atoms with Gasteiger partial charge in [0.15, 0.2) is 6.04 Å². The number of rotatable bonds is 8. The minimum atomic E-state index is -0.989. The molecule has 0 spiro atoms. The summed E-state index contributed by atoms with van der Waals surface area (Å²) >= 11 is 0. The highest BCUT2D eigenvalue weighted by atomic mass is 16.5.